The normalized spacial score (nSPS) is 9.81. The maximum atomic E-state index is 11.7. The number of nitrogens with one attached hydrogen (secondary N) is 1. The van der Waals surface area contributed by atoms with Crippen molar-refractivity contribution in [1.82, 2.24) is 5.32 Å². The summed E-state index contributed by atoms with van der Waals surface area (Å²) >= 11 is 0. The Kier molecular flexibility index (Phi) is 6.19. The van der Waals surface area contributed by atoms with Crippen LogP contribution in [0.4, 0.5) is 0 Å². The number of hydrogen-bond acceptors (Lipinski definition) is 5. The summed E-state index contributed by atoms with van der Waals surface area (Å²) in [5.74, 6) is -1.23. The highest BCUT2D eigenvalue weighted by atomic mass is 16.5. The van der Waals surface area contributed by atoms with Crippen LogP contribution in [0, 0.1) is 6.92 Å². The fourth-order valence-corrected chi connectivity index (χ4v) is 1.63. The van der Waals surface area contributed by atoms with Crippen molar-refractivity contribution in [1.29, 1.82) is 0 Å². The van der Waals surface area contributed by atoms with Crippen molar-refractivity contribution in [2.45, 2.75) is 13.3 Å². The van der Waals surface area contributed by atoms with Gasteiger partial charge in [0.1, 0.15) is 5.75 Å². The molecule has 0 heterocycles. The van der Waals surface area contributed by atoms with Crippen LogP contribution >= 0.6 is 0 Å². The molecule has 7 nitrogen and oxygen atoms in total. The highest BCUT2D eigenvalue weighted by molar-refractivity contribution is 5.85. The zero-order valence-corrected chi connectivity index (χ0v) is 12.0. The topological polar surface area (TPSA) is 108 Å². The molecule has 1 rings (SSSR count). The standard InChI is InChI=1S/C14H18N2O5/c1-9-3-4-11(20-2)10(5-9)6-14(19)21-8-13(18)16-7-12(15)17/h3-5H,6-8H2,1-2H3,(H2,15,17)(H,16,18). The fourth-order valence-electron chi connectivity index (χ4n) is 1.63. The van der Waals surface area contributed by atoms with E-state index in [1.54, 1.807) is 6.07 Å². The van der Waals surface area contributed by atoms with Gasteiger partial charge in [-0.2, -0.15) is 0 Å². The predicted octanol–water partition coefficient (Wildman–Crippen LogP) is -0.309. The quantitative estimate of drug-likeness (QED) is 0.671. The summed E-state index contributed by atoms with van der Waals surface area (Å²) in [7, 11) is 1.51. The molecule has 0 fully saturated rings. The molecular weight excluding hydrogens is 276 g/mol. The number of carbonyl (C=O) groups is 3. The predicted molar refractivity (Wildman–Crippen MR) is 74.6 cm³/mol. The van der Waals surface area contributed by atoms with Crippen molar-refractivity contribution in [2.24, 2.45) is 5.73 Å². The molecule has 7 heteroatoms. The maximum absolute atomic E-state index is 11.7. The van der Waals surface area contributed by atoms with Gasteiger partial charge < -0.3 is 20.5 Å². The van der Waals surface area contributed by atoms with E-state index in [0.29, 0.717) is 11.3 Å². The Morgan fingerprint density at radius 1 is 1.29 bits per heavy atom. The number of benzene rings is 1. The third-order valence-corrected chi connectivity index (χ3v) is 2.59. The largest absolute Gasteiger partial charge is 0.496 e. The van der Waals surface area contributed by atoms with Crippen LogP contribution < -0.4 is 15.8 Å². The summed E-state index contributed by atoms with van der Waals surface area (Å²) in [4.78, 5) is 33.4. The Bertz CT molecular complexity index is 542. The minimum atomic E-state index is -0.667. The van der Waals surface area contributed by atoms with Gasteiger partial charge in [-0.05, 0) is 13.0 Å². The minimum Gasteiger partial charge on any atom is -0.496 e. The number of ether oxygens (including phenoxy) is 2. The van der Waals surface area contributed by atoms with Gasteiger partial charge >= 0.3 is 5.97 Å². The molecule has 0 bridgehead atoms. The van der Waals surface area contributed by atoms with E-state index >= 15 is 0 Å². The van der Waals surface area contributed by atoms with E-state index < -0.39 is 24.4 Å². The lowest BCUT2D eigenvalue weighted by Crippen LogP contribution is -2.36. The number of aryl methyl sites for hydroxylation is 1. The number of hydrogen-bond donors (Lipinski definition) is 2. The first-order valence-electron chi connectivity index (χ1n) is 6.26. The van der Waals surface area contributed by atoms with Crippen LogP contribution in [0.15, 0.2) is 18.2 Å². The lowest BCUT2D eigenvalue weighted by atomic mass is 10.1. The number of primary amides is 1. The highest BCUT2D eigenvalue weighted by Gasteiger charge is 2.12. The van der Waals surface area contributed by atoms with Gasteiger partial charge in [0.2, 0.25) is 5.91 Å². The van der Waals surface area contributed by atoms with E-state index in [9.17, 15) is 14.4 Å². The van der Waals surface area contributed by atoms with E-state index in [0.717, 1.165) is 5.56 Å². The molecule has 0 aromatic heterocycles. The first kappa shape index (κ1) is 16.5. The molecule has 0 aliphatic heterocycles. The number of carbonyl (C=O) groups excluding carboxylic acids is 3. The van der Waals surface area contributed by atoms with E-state index in [-0.39, 0.29) is 13.0 Å². The second-order valence-corrected chi connectivity index (χ2v) is 4.40. The van der Waals surface area contributed by atoms with Crippen LogP contribution in [0.25, 0.3) is 0 Å². The number of esters is 1. The van der Waals surface area contributed by atoms with E-state index in [1.807, 2.05) is 19.1 Å². The van der Waals surface area contributed by atoms with Gasteiger partial charge in [-0.15, -0.1) is 0 Å². The van der Waals surface area contributed by atoms with Crippen molar-refractivity contribution in [3.63, 3.8) is 0 Å². The SMILES string of the molecule is COc1ccc(C)cc1CC(=O)OCC(=O)NCC(N)=O. The number of amides is 2. The molecule has 0 aliphatic rings. The monoisotopic (exact) mass is 294 g/mol. The molecular formula is C14H18N2O5. The molecule has 0 saturated carbocycles. The van der Waals surface area contributed by atoms with E-state index in [4.69, 9.17) is 15.2 Å². The summed E-state index contributed by atoms with van der Waals surface area (Å²) < 4.78 is 9.97. The Balaban J connectivity index is 2.49. The molecule has 114 valence electrons. The minimum absolute atomic E-state index is 0.00600. The molecule has 0 spiro atoms. The smallest absolute Gasteiger partial charge is 0.310 e. The van der Waals surface area contributed by atoms with Crippen LogP contribution in [0.5, 0.6) is 5.75 Å². The summed E-state index contributed by atoms with van der Waals surface area (Å²) in [5, 5.41) is 2.22. The second kappa shape index (κ2) is 7.88. The van der Waals surface area contributed by atoms with Gasteiger partial charge in [-0.25, -0.2) is 0 Å². The van der Waals surface area contributed by atoms with Gasteiger partial charge in [0.15, 0.2) is 6.61 Å². The number of nitrogens with two attached hydrogens (primary N) is 1. The van der Waals surface area contributed by atoms with Crippen LogP contribution in [0.2, 0.25) is 0 Å². The molecule has 1 aromatic carbocycles. The Morgan fingerprint density at radius 2 is 2.00 bits per heavy atom. The van der Waals surface area contributed by atoms with E-state index in [2.05, 4.69) is 5.32 Å². The molecule has 0 aliphatic carbocycles. The average molecular weight is 294 g/mol. The molecule has 2 amide bonds. The molecule has 1 aromatic rings. The first-order chi connectivity index (χ1) is 9.92. The maximum Gasteiger partial charge on any atom is 0.310 e. The molecule has 0 saturated heterocycles. The fraction of sp³-hybridized carbons (Fsp3) is 0.357. The lowest BCUT2D eigenvalue weighted by molar-refractivity contribution is -0.147. The summed E-state index contributed by atoms with van der Waals surface area (Å²) in [6, 6.07) is 5.44. The zero-order chi connectivity index (χ0) is 15.8. The highest BCUT2D eigenvalue weighted by Crippen LogP contribution is 2.20. The molecule has 0 unspecified atom stereocenters. The van der Waals surface area contributed by atoms with Gasteiger partial charge in [0.05, 0.1) is 20.1 Å². The first-order valence-corrected chi connectivity index (χ1v) is 6.26. The van der Waals surface area contributed by atoms with E-state index in [1.165, 1.54) is 7.11 Å². The van der Waals surface area contributed by atoms with Gasteiger partial charge in [0, 0.05) is 5.56 Å². The zero-order valence-electron chi connectivity index (χ0n) is 12.0. The summed E-state index contributed by atoms with van der Waals surface area (Å²) in [6.45, 7) is 1.15. The third-order valence-electron chi connectivity index (χ3n) is 2.59. The van der Waals surface area contributed by atoms with Crippen molar-refractivity contribution in [2.75, 3.05) is 20.3 Å². The van der Waals surface area contributed by atoms with Crippen molar-refractivity contribution in [3.05, 3.63) is 29.3 Å². The molecule has 0 atom stereocenters. The van der Waals surface area contributed by atoms with Crippen LogP contribution in [0.1, 0.15) is 11.1 Å². The Hall–Kier alpha value is -2.57. The summed E-state index contributed by atoms with van der Waals surface area (Å²) in [6.07, 6.45) is -0.00600. The van der Waals surface area contributed by atoms with Gasteiger partial charge in [-0.3, -0.25) is 14.4 Å². The van der Waals surface area contributed by atoms with Crippen LogP contribution in [-0.4, -0.2) is 38.0 Å². The van der Waals surface area contributed by atoms with Crippen LogP contribution in [0.3, 0.4) is 0 Å². The lowest BCUT2D eigenvalue weighted by Gasteiger charge is -2.09. The molecule has 0 radical (unpaired) electrons. The van der Waals surface area contributed by atoms with Crippen molar-refractivity contribution < 1.29 is 23.9 Å². The number of methoxy groups -OCH3 is 1. The summed E-state index contributed by atoms with van der Waals surface area (Å²) in [5.41, 5.74) is 6.53. The number of rotatable bonds is 7. The van der Waals surface area contributed by atoms with Crippen molar-refractivity contribution in [3.8, 4) is 5.75 Å². The third kappa shape index (κ3) is 5.94. The Labute approximate surface area is 122 Å². The Morgan fingerprint density at radius 3 is 2.62 bits per heavy atom. The molecule has 3 N–H and O–H groups in total. The molecule has 21 heavy (non-hydrogen) atoms. The van der Waals surface area contributed by atoms with Gasteiger partial charge in [-0.1, -0.05) is 17.7 Å². The van der Waals surface area contributed by atoms with Gasteiger partial charge in [0.25, 0.3) is 5.91 Å². The van der Waals surface area contributed by atoms with Crippen molar-refractivity contribution >= 4 is 17.8 Å². The van der Waals surface area contributed by atoms with Crippen LogP contribution in [-0.2, 0) is 25.5 Å². The average Bonchev–Trinajstić information content (AvgIpc) is 2.43. The second-order valence-electron chi connectivity index (χ2n) is 4.40.